The number of carbonyl (C=O) groups is 2. The molecule has 0 aliphatic heterocycles. The molecular formula is C15H29FNO7P. The Labute approximate surface area is 148 Å². The molecule has 2 atom stereocenters. The molecule has 0 aromatic carbocycles. The van der Waals surface area contributed by atoms with E-state index in [2.05, 4.69) is 5.32 Å². The normalized spacial score (nSPS) is 14.5. The fourth-order valence-corrected chi connectivity index (χ4v) is 3.38. The van der Waals surface area contributed by atoms with Gasteiger partial charge in [-0.05, 0) is 41.5 Å². The molecule has 0 aromatic rings. The molecule has 0 aromatic heterocycles. The van der Waals surface area contributed by atoms with Crippen LogP contribution in [0.4, 0.5) is 9.18 Å². The van der Waals surface area contributed by atoms with Crippen molar-refractivity contribution in [2.45, 2.75) is 65.5 Å². The number of hydrogen-bond donors (Lipinski definition) is 1. The van der Waals surface area contributed by atoms with Crippen LogP contribution in [-0.2, 0) is 27.9 Å². The van der Waals surface area contributed by atoms with E-state index in [-0.39, 0.29) is 19.8 Å². The third kappa shape index (κ3) is 9.18. The number of ether oxygens (including phenoxy) is 2. The van der Waals surface area contributed by atoms with E-state index in [4.69, 9.17) is 18.5 Å². The largest absolute Gasteiger partial charge is 0.464 e. The van der Waals surface area contributed by atoms with Crippen LogP contribution in [-0.4, -0.2) is 49.4 Å². The summed E-state index contributed by atoms with van der Waals surface area (Å²) in [5, 5.41) is 2.24. The number of alkyl carbamates (subject to hydrolysis) is 1. The Morgan fingerprint density at radius 3 is 2.00 bits per heavy atom. The molecular weight excluding hydrogens is 356 g/mol. The summed E-state index contributed by atoms with van der Waals surface area (Å²) in [6.07, 6.45) is -1.55. The monoisotopic (exact) mass is 385 g/mol. The van der Waals surface area contributed by atoms with Crippen LogP contribution in [0.2, 0.25) is 0 Å². The van der Waals surface area contributed by atoms with Gasteiger partial charge in [0.15, 0.2) is 0 Å². The predicted octanol–water partition coefficient (Wildman–Crippen LogP) is 3.39. The lowest BCUT2D eigenvalue weighted by Crippen LogP contribution is -2.45. The van der Waals surface area contributed by atoms with Crippen LogP contribution in [0, 0.1) is 0 Å². The molecule has 0 saturated carbocycles. The first-order chi connectivity index (χ1) is 11.5. The number of alkyl halides is 1. The minimum atomic E-state index is -4.07. The minimum Gasteiger partial charge on any atom is -0.464 e. The van der Waals surface area contributed by atoms with E-state index < -0.39 is 43.6 Å². The maximum absolute atomic E-state index is 14.6. The van der Waals surface area contributed by atoms with E-state index in [1.54, 1.807) is 41.5 Å². The van der Waals surface area contributed by atoms with Gasteiger partial charge in [0, 0.05) is 6.42 Å². The highest BCUT2D eigenvalue weighted by Gasteiger charge is 2.40. The van der Waals surface area contributed by atoms with Gasteiger partial charge in [0.05, 0.1) is 19.8 Å². The summed E-state index contributed by atoms with van der Waals surface area (Å²) in [6.45, 7) is 9.56. The average Bonchev–Trinajstić information content (AvgIpc) is 2.45. The zero-order chi connectivity index (χ0) is 19.7. The Hall–Kier alpha value is -1.18. The number of carbonyl (C=O) groups excluding carboxylic acids is 2. The Bertz CT molecular complexity index is 471. The highest BCUT2D eigenvalue weighted by Crippen LogP contribution is 2.55. The Morgan fingerprint density at radius 2 is 1.60 bits per heavy atom. The SMILES string of the molecule is CCOC(=O)[C@H](C[C@H](F)P(=O)(OCC)OCC)NC(=O)OC(C)(C)C. The molecule has 1 N–H and O–H groups in total. The van der Waals surface area contributed by atoms with Crippen LogP contribution in [0.3, 0.4) is 0 Å². The van der Waals surface area contributed by atoms with Crippen molar-refractivity contribution in [3.63, 3.8) is 0 Å². The second-order valence-electron chi connectivity index (χ2n) is 6.00. The average molecular weight is 385 g/mol. The van der Waals surface area contributed by atoms with E-state index in [0.29, 0.717) is 0 Å². The zero-order valence-corrected chi connectivity index (χ0v) is 16.6. The van der Waals surface area contributed by atoms with Crippen LogP contribution in [0.5, 0.6) is 0 Å². The molecule has 10 heteroatoms. The van der Waals surface area contributed by atoms with E-state index in [1.165, 1.54) is 0 Å². The summed E-state index contributed by atoms with van der Waals surface area (Å²) in [5.74, 6) is -2.98. The van der Waals surface area contributed by atoms with E-state index >= 15 is 0 Å². The molecule has 0 aliphatic rings. The number of rotatable bonds is 10. The van der Waals surface area contributed by atoms with E-state index in [1.807, 2.05) is 0 Å². The molecule has 25 heavy (non-hydrogen) atoms. The standard InChI is InChI=1S/C15H29FNO7P/c1-7-21-13(18)11(17-14(19)24-15(4,5)6)10-12(16)25(20,22-8-2)23-9-3/h11-12H,7-10H2,1-6H3,(H,17,19)/t11-,12+/m0/s1. The summed E-state index contributed by atoms with van der Waals surface area (Å²) in [4.78, 5) is 23.9. The van der Waals surface area contributed by atoms with Crippen molar-refractivity contribution in [1.29, 1.82) is 0 Å². The summed E-state index contributed by atoms with van der Waals surface area (Å²) in [5.41, 5.74) is -0.801. The predicted molar refractivity (Wildman–Crippen MR) is 90.2 cm³/mol. The van der Waals surface area contributed by atoms with Gasteiger partial charge in [-0.2, -0.15) is 0 Å². The summed E-state index contributed by atoms with van der Waals surface area (Å²) >= 11 is 0. The quantitative estimate of drug-likeness (QED) is 0.454. The van der Waals surface area contributed by atoms with Crippen molar-refractivity contribution < 1.29 is 37.1 Å². The van der Waals surface area contributed by atoms with Crippen LogP contribution >= 0.6 is 7.60 Å². The maximum Gasteiger partial charge on any atom is 0.408 e. The van der Waals surface area contributed by atoms with Crippen molar-refractivity contribution in [3.8, 4) is 0 Å². The Morgan fingerprint density at radius 1 is 1.08 bits per heavy atom. The van der Waals surface area contributed by atoms with Gasteiger partial charge in [0.1, 0.15) is 11.6 Å². The van der Waals surface area contributed by atoms with Crippen molar-refractivity contribution in [1.82, 2.24) is 5.32 Å². The molecule has 0 radical (unpaired) electrons. The zero-order valence-electron chi connectivity index (χ0n) is 15.7. The molecule has 1 amide bonds. The fourth-order valence-electron chi connectivity index (χ4n) is 1.79. The molecule has 0 aliphatic carbocycles. The number of nitrogens with one attached hydrogen (secondary N) is 1. The molecule has 0 heterocycles. The van der Waals surface area contributed by atoms with Gasteiger partial charge in [-0.25, -0.2) is 14.0 Å². The van der Waals surface area contributed by atoms with Gasteiger partial charge in [-0.3, -0.25) is 4.57 Å². The summed E-state index contributed by atoms with van der Waals surface area (Å²) < 4.78 is 46.7. The molecule has 0 bridgehead atoms. The van der Waals surface area contributed by atoms with Gasteiger partial charge in [0.2, 0.25) is 5.91 Å². The Balaban J connectivity index is 5.19. The highest BCUT2D eigenvalue weighted by molar-refractivity contribution is 7.54. The third-order valence-electron chi connectivity index (χ3n) is 2.65. The molecule has 0 spiro atoms. The van der Waals surface area contributed by atoms with Crippen molar-refractivity contribution in [2.75, 3.05) is 19.8 Å². The highest BCUT2D eigenvalue weighted by atomic mass is 31.2. The van der Waals surface area contributed by atoms with Crippen LogP contribution in [0.1, 0.15) is 48.0 Å². The van der Waals surface area contributed by atoms with Crippen molar-refractivity contribution in [2.24, 2.45) is 0 Å². The first kappa shape index (κ1) is 23.8. The van der Waals surface area contributed by atoms with Crippen LogP contribution < -0.4 is 5.32 Å². The smallest absolute Gasteiger partial charge is 0.408 e. The molecule has 0 rings (SSSR count). The Kier molecular flexibility index (Phi) is 10.2. The lowest BCUT2D eigenvalue weighted by Gasteiger charge is -2.25. The number of esters is 1. The first-order valence-corrected chi connectivity index (χ1v) is 9.79. The minimum absolute atomic E-state index is 0.0265. The van der Waals surface area contributed by atoms with Crippen LogP contribution in [0.15, 0.2) is 0 Å². The van der Waals surface area contributed by atoms with Gasteiger partial charge >= 0.3 is 19.7 Å². The molecule has 8 nitrogen and oxygen atoms in total. The van der Waals surface area contributed by atoms with E-state index in [0.717, 1.165) is 0 Å². The van der Waals surface area contributed by atoms with E-state index in [9.17, 15) is 18.5 Å². The van der Waals surface area contributed by atoms with Gasteiger partial charge in [0.25, 0.3) is 0 Å². The molecule has 148 valence electrons. The number of hydrogen-bond acceptors (Lipinski definition) is 7. The third-order valence-corrected chi connectivity index (χ3v) is 4.79. The number of amides is 1. The van der Waals surface area contributed by atoms with Gasteiger partial charge < -0.3 is 23.8 Å². The lowest BCUT2D eigenvalue weighted by molar-refractivity contribution is -0.146. The molecule has 0 unspecified atom stereocenters. The summed E-state index contributed by atoms with van der Waals surface area (Å²) in [6, 6.07) is -1.39. The second kappa shape index (κ2) is 10.7. The maximum atomic E-state index is 14.6. The fraction of sp³-hybridized carbons (Fsp3) is 0.867. The van der Waals surface area contributed by atoms with Gasteiger partial charge in [-0.15, -0.1) is 0 Å². The molecule has 0 fully saturated rings. The van der Waals surface area contributed by atoms with Crippen molar-refractivity contribution >= 4 is 19.7 Å². The number of halogens is 1. The summed E-state index contributed by atoms with van der Waals surface area (Å²) in [7, 11) is -4.07. The topological polar surface area (TPSA) is 100 Å². The van der Waals surface area contributed by atoms with Crippen molar-refractivity contribution in [3.05, 3.63) is 0 Å². The second-order valence-corrected chi connectivity index (χ2v) is 8.15. The van der Waals surface area contributed by atoms with Gasteiger partial charge in [-0.1, -0.05) is 0 Å². The van der Waals surface area contributed by atoms with Crippen LogP contribution in [0.25, 0.3) is 0 Å². The lowest BCUT2D eigenvalue weighted by atomic mass is 10.2. The molecule has 0 saturated heterocycles. The first-order valence-electron chi connectivity index (χ1n) is 8.18.